The minimum Gasteiger partial charge on any atom is -0.444 e. The lowest BCUT2D eigenvalue weighted by Crippen LogP contribution is -2.54. The summed E-state index contributed by atoms with van der Waals surface area (Å²) in [5.74, 6) is -0.740. The van der Waals surface area contributed by atoms with Crippen LogP contribution in [0.3, 0.4) is 0 Å². The Kier molecular flexibility index (Phi) is 11.8. The quantitative estimate of drug-likeness (QED) is 0.409. The number of carbonyl (C=O) groups is 4. The molecule has 0 aliphatic carbocycles. The zero-order valence-electron chi connectivity index (χ0n) is 24.9. The van der Waals surface area contributed by atoms with Gasteiger partial charge in [-0.1, -0.05) is 58.0 Å². The summed E-state index contributed by atoms with van der Waals surface area (Å²) in [6, 6.07) is 8.16. The van der Waals surface area contributed by atoms with Gasteiger partial charge in [0.2, 0.25) is 17.7 Å². The third-order valence-corrected chi connectivity index (χ3v) is 6.78. The summed E-state index contributed by atoms with van der Waals surface area (Å²) in [5, 5.41) is 8.71. The molecular weight excluding hydrogens is 496 g/mol. The zero-order valence-corrected chi connectivity index (χ0v) is 24.9. The molecule has 1 aliphatic heterocycles. The molecule has 218 valence electrons. The van der Waals surface area contributed by atoms with Crippen LogP contribution in [0.2, 0.25) is 0 Å². The minimum atomic E-state index is -0.689. The summed E-state index contributed by atoms with van der Waals surface area (Å²) in [5.41, 5.74) is 0.333. The van der Waals surface area contributed by atoms with E-state index >= 15 is 0 Å². The molecule has 1 heterocycles. The molecule has 9 nitrogen and oxygen atoms in total. The van der Waals surface area contributed by atoms with Crippen molar-refractivity contribution in [1.82, 2.24) is 20.9 Å². The molecule has 1 saturated heterocycles. The number of benzene rings is 1. The second-order valence-corrected chi connectivity index (χ2v) is 12.3. The second-order valence-electron chi connectivity index (χ2n) is 12.3. The Labute approximate surface area is 233 Å². The largest absolute Gasteiger partial charge is 0.444 e. The van der Waals surface area contributed by atoms with E-state index in [2.05, 4.69) is 16.0 Å². The van der Waals surface area contributed by atoms with E-state index in [0.29, 0.717) is 32.4 Å². The maximum absolute atomic E-state index is 13.3. The van der Waals surface area contributed by atoms with Crippen LogP contribution in [0.5, 0.6) is 0 Å². The number of ether oxygens (including phenoxy) is 1. The molecule has 1 fully saturated rings. The number of nitrogens with one attached hydrogen (secondary N) is 3. The van der Waals surface area contributed by atoms with E-state index in [-0.39, 0.29) is 41.5 Å². The topological polar surface area (TPSA) is 117 Å². The molecule has 1 aromatic carbocycles. The first-order valence-electron chi connectivity index (χ1n) is 14.1. The number of alkyl carbamates (subject to hydrolysis) is 1. The second kappa shape index (κ2) is 14.3. The van der Waals surface area contributed by atoms with Gasteiger partial charge in [-0.25, -0.2) is 4.79 Å². The molecule has 3 N–H and O–H groups in total. The molecule has 9 heteroatoms. The van der Waals surface area contributed by atoms with E-state index < -0.39 is 23.8 Å². The van der Waals surface area contributed by atoms with Crippen molar-refractivity contribution < 1.29 is 23.9 Å². The van der Waals surface area contributed by atoms with Crippen LogP contribution < -0.4 is 16.0 Å². The van der Waals surface area contributed by atoms with Crippen molar-refractivity contribution in [1.29, 1.82) is 0 Å². The van der Waals surface area contributed by atoms with Gasteiger partial charge >= 0.3 is 6.09 Å². The average Bonchev–Trinajstić information content (AvgIpc) is 2.85. The van der Waals surface area contributed by atoms with Gasteiger partial charge in [0.05, 0.1) is 6.04 Å². The molecule has 0 saturated carbocycles. The third kappa shape index (κ3) is 10.5. The van der Waals surface area contributed by atoms with Crippen molar-refractivity contribution in [3.63, 3.8) is 0 Å². The van der Waals surface area contributed by atoms with Gasteiger partial charge in [0.15, 0.2) is 0 Å². The highest BCUT2D eigenvalue weighted by Crippen LogP contribution is 2.21. The first-order valence-corrected chi connectivity index (χ1v) is 14.1. The van der Waals surface area contributed by atoms with E-state index in [4.69, 9.17) is 4.74 Å². The van der Waals surface area contributed by atoms with Crippen molar-refractivity contribution in [3.8, 4) is 0 Å². The summed E-state index contributed by atoms with van der Waals surface area (Å²) in [4.78, 5) is 53.5. The Morgan fingerprint density at radius 2 is 1.51 bits per heavy atom. The van der Waals surface area contributed by atoms with Gasteiger partial charge < -0.3 is 25.6 Å². The van der Waals surface area contributed by atoms with Gasteiger partial charge in [0.1, 0.15) is 17.7 Å². The fourth-order valence-electron chi connectivity index (χ4n) is 4.66. The molecule has 0 unspecified atom stereocenters. The van der Waals surface area contributed by atoms with E-state index in [9.17, 15) is 19.2 Å². The highest BCUT2D eigenvalue weighted by atomic mass is 16.6. The van der Waals surface area contributed by atoms with Crippen molar-refractivity contribution >= 4 is 23.8 Å². The van der Waals surface area contributed by atoms with E-state index in [0.717, 1.165) is 5.56 Å². The molecular formula is C30H48N4O5. The van der Waals surface area contributed by atoms with E-state index in [1.807, 2.05) is 65.0 Å². The molecule has 0 radical (unpaired) electrons. The predicted octanol–water partition coefficient (Wildman–Crippen LogP) is 4.18. The van der Waals surface area contributed by atoms with Crippen molar-refractivity contribution in [2.45, 2.75) is 98.4 Å². The Morgan fingerprint density at radius 1 is 0.923 bits per heavy atom. The van der Waals surface area contributed by atoms with Gasteiger partial charge in [-0.15, -0.1) is 0 Å². The number of amides is 4. The highest BCUT2D eigenvalue weighted by molar-refractivity contribution is 5.89. The van der Waals surface area contributed by atoms with Crippen LogP contribution >= 0.6 is 0 Å². The maximum atomic E-state index is 13.3. The van der Waals surface area contributed by atoms with Crippen LogP contribution in [0.4, 0.5) is 4.79 Å². The van der Waals surface area contributed by atoms with Crippen LogP contribution in [0.15, 0.2) is 30.3 Å². The SMILES string of the molecule is CC(C)C[C@H](NC(=O)OC(C)(C)C)C(=O)N1CCC(C(=O)N[C@H](C(=O)N[C@@H](C)c2ccccc2)C(C)C)CC1. The zero-order chi connectivity index (χ0) is 29.3. The average molecular weight is 545 g/mol. The smallest absolute Gasteiger partial charge is 0.408 e. The summed E-state index contributed by atoms with van der Waals surface area (Å²) in [6.45, 7) is 15.9. The highest BCUT2D eigenvalue weighted by Gasteiger charge is 2.34. The monoisotopic (exact) mass is 544 g/mol. The van der Waals surface area contributed by atoms with E-state index in [1.54, 1.807) is 25.7 Å². The Balaban J connectivity index is 1.95. The Morgan fingerprint density at radius 3 is 2.03 bits per heavy atom. The first kappa shape index (κ1) is 32.1. The number of piperidine rings is 1. The standard InChI is InChI=1S/C30H48N4O5/c1-19(2)18-24(32-29(38)39-30(6,7)8)28(37)34-16-14-23(15-17-34)26(35)33-25(20(3)4)27(36)31-21(5)22-12-10-9-11-13-22/h9-13,19-21,23-25H,14-18H2,1-8H3,(H,31,36)(H,32,38)(H,33,35)/t21-,24-,25-/m0/s1. The fourth-order valence-corrected chi connectivity index (χ4v) is 4.66. The molecule has 39 heavy (non-hydrogen) atoms. The van der Waals surface area contributed by atoms with Gasteiger partial charge in [0.25, 0.3) is 0 Å². The molecule has 0 spiro atoms. The number of carbonyl (C=O) groups excluding carboxylic acids is 4. The number of hydrogen-bond acceptors (Lipinski definition) is 5. The summed E-state index contributed by atoms with van der Waals surface area (Å²) in [7, 11) is 0. The van der Waals surface area contributed by atoms with Crippen molar-refractivity contribution in [2.75, 3.05) is 13.1 Å². The van der Waals surface area contributed by atoms with Crippen LogP contribution in [0.1, 0.15) is 86.3 Å². The first-order chi connectivity index (χ1) is 18.2. The maximum Gasteiger partial charge on any atom is 0.408 e. The van der Waals surface area contributed by atoms with Crippen molar-refractivity contribution in [2.24, 2.45) is 17.8 Å². The number of nitrogens with zero attached hydrogens (tertiary/aromatic N) is 1. The molecule has 3 atom stereocenters. The third-order valence-electron chi connectivity index (χ3n) is 6.78. The summed E-state index contributed by atoms with van der Waals surface area (Å²) < 4.78 is 5.35. The number of hydrogen-bond donors (Lipinski definition) is 3. The summed E-state index contributed by atoms with van der Waals surface area (Å²) in [6.07, 6.45) is 0.858. The van der Waals surface area contributed by atoms with Gasteiger partial charge in [-0.3, -0.25) is 14.4 Å². The van der Waals surface area contributed by atoms with Crippen LogP contribution in [-0.2, 0) is 19.1 Å². The lowest BCUT2D eigenvalue weighted by atomic mass is 9.93. The number of likely N-dealkylation sites (tertiary alicyclic amines) is 1. The van der Waals surface area contributed by atoms with Crippen LogP contribution in [-0.4, -0.2) is 59.5 Å². The lowest BCUT2D eigenvalue weighted by molar-refractivity contribution is -0.138. The van der Waals surface area contributed by atoms with Crippen LogP contribution in [0.25, 0.3) is 0 Å². The van der Waals surface area contributed by atoms with Gasteiger partial charge in [-0.05, 0) is 64.4 Å². The molecule has 2 rings (SSSR count). The lowest BCUT2D eigenvalue weighted by Gasteiger charge is -2.35. The Bertz CT molecular complexity index is 965. The molecule has 1 aromatic rings. The Hall–Kier alpha value is -3.10. The molecule has 1 aliphatic rings. The molecule has 0 aromatic heterocycles. The molecule has 4 amide bonds. The summed E-state index contributed by atoms with van der Waals surface area (Å²) >= 11 is 0. The minimum absolute atomic E-state index is 0.0886. The number of rotatable bonds is 10. The van der Waals surface area contributed by atoms with E-state index in [1.165, 1.54) is 0 Å². The van der Waals surface area contributed by atoms with Crippen LogP contribution in [0, 0.1) is 17.8 Å². The van der Waals surface area contributed by atoms with Crippen molar-refractivity contribution in [3.05, 3.63) is 35.9 Å². The van der Waals surface area contributed by atoms with Gasteiger partial charge in [-0.2, -0.15) is 0 Å². The van der Waals surface area contributed by atoms with Gasteiger partial charge in [0, 0.05) is 19.0 Å². The normalized spacial score (nSPS) is 16.8. The fraction of sp³-hybridized carbons (Fsp3) is 0.667. The molecule has 0 bridgehead atoms. The predicted molar refractivity (Wildman–Crippen MR) is 152 cm³/mol.